The lowest BCUT2D eigenvalue weighted by atomic mass is 10.2. The van der Waals surface area contributed by atoms with E-state index in [0.29, 0.717) is 27.5 Å². The molecule has 3 aromatic rings. The fourth-order valence-electron chi connectivity index (χ4n) is 1.81. The molecule has 0 spiro atoms. The van der Waals surface area contributed by atoms with E-state index in [2.05, 4.69) is 9.97 Å². The van der Waals surface area contributed by atoms with Crippen molar-refractivity contribution in [3.8, 4) is 11.5 Å². The Kier molecular flexibility index (Phi) is 3.12. The normalized spacial score (nSPS) is 10.7. The zero-order chi connectivity index (χ0) is 14.1. The summed E-state index contributed by atoms with van der Waals surface area (Å²) in [6.45, 7) is 0. The minimum Gasteiger partial charge on any atom is -0.454 e. The van der Waals surface area contributed by atoms with E-state index >= 15 is 0 Å². The van der Waals surface area contributed by atoms with Gasteiger partial charge in [0, 0.05) is 23.3 Å². The van der Waals surface area contributed by atoms with Gasteiger partial charge in [0.15, 0.2) is 11.6 Å². The standard InChI is InChI=1S/C14H9ClFN3O/c15-14-6-9-11(7-19-14)18-4-3-12(9)20-13-2-1-8(17)5-10(13)16/h1-7H,17H2. The maximum atomic E-state index is 13.8. The van der Waals surface area contributed by atoms with Crippen molar-refractivity contribution in [3.63, 3.8) is 0 Å². The van der Waals surface area contributed by atoms with E-state index in [1.807, 2.05) is 0 Å². The number of ether oxygens (including phenoxy) is 1. The van der Waals surface area contributed by atoms with Crippen molar-refractivity contribution < 1.29 is 9.13 Å². The van der Waals surface area contributed by atoms with Crippen LogP contribution in [-0.2, 0) is 0 Å². The highest BCUT2D eigenvalue weighted by molar-refractivity contribution is 6.30. The molecule has 0 aliphatic heterocycles. The third kappa shape index (κ3) is 2.35. The number of pyridine rings is 2. The molecule has 2 heterocycles. The van der Waals surface area contributed by atoms with Crippen LogP contribution in [0.2, 0.25) is 5.15 Å². The van der Waals surface area contributed by atoms with Crippen molar-refractivity contribution in [2.45, 2.75) is 0 Å². The van der Waals surface area contributed by atoms with Crippen LogP contribution in [0.5, 0.6) is 11.5 Å². The molecule has 0 aliphatic rings. The fourth-order valence-corrected chi connectivity index (χ4v) is 1.96. The second-order valence-corrected chi connectivity index (χ2v) is 4.51. The highest BCUT2D eigenvalue weighted by Gasteiger charge is 2.09. The van der Waals surface area contributed by atoms with Gasteiger partial charge in [0.25, 0.3) is 0 Å². The van der Waals surface area contributed by atoms with Gasteiger partial charge in [0.05, 0.1) is 11.7 Å². The lowest BCUT2D eigenvalue weighted by molar-refractivity contribution is 0.446. The first-order chi connectivity index (χ1) is 9.63. The summed E-state index contributed by atoms with van der Waals surface area (Å²) in [6.07, 6.45) is 3.09. The van der Waals surface area contributed by atoms with Crippen molar-refractivity contribution >= 4 is 28.2 Å². The predicted octanol–water partition coefficient (Wildman–Crippen LogP) is 3.80. The van der Waals surface area contributed by atoms with E-state index in [-0.39, 0.29) is 5.75 Å². The van der Waals surface area contributed by atoms with Crippen LogP contribution in [0.4, 0.5) is 10.1 Å². The first kappa shape index (κ1) is 12.6. The predicted molar refractivity (Wildman–Crippen MR) is 75.4 cm³/mol. The number of fused-ring (bicyclic) bond motifs is 1. The molecule has 0 atom stereocenters. The smallest absolute Gasteiger partial charge is 0.167 e. The average Bonchev–Trinajstić information content (AvgIpc) is 2.42. The van der Waals surface area contributed by atoms with Gasteiger partial charge in [-0.2, -0.15) is 0 Å². The molecule has 0 bridgehead atoms. The first-order valence-corrected chi connectivity index (χ1v) is 6.14. The van der Waals surface area contributed by atoms with Crippen molar-refractivity contribution in [3.05, 3.63) is 53.7 Å². The third-order valence-corrected chi connectivity index (χ3v) is 2.94. The second-order valence-electron chi connectivity index (χ2n) is 4.13. The molecule has 2 aromatic heterocycles. The van der Waals surface area contributed by atoms with Crippen LogP contribution in [0.25, 0.3) is 10.9 Å². The largest absolute Gasteiger partial charge is 0.454 e. The van der Waals surface area contributed by atoms with Gasteiger partial charge in [-0.3, -0.25) is 4.98 Å². The van der Waals surface area contributed by atoms with Gasteiger partial charge in [-0.15, -0.1) is 0 Å². The van der Waals surface area contributed by atoms with Crippen LogP contribution in [0.1, 0.15) is 0 Å². The van der Waals surface area contributed by atoms with E-state index in [1.54, 1.807) is 24.4 Å². The van der Waals surface area contributed by atoms with Gasteiger partial charge in [-0.1, -0.05) is 11.6 Å². The van der Waals surface area contributed by atoms with Gasteiger partial charge in [-0.05, 0) is 24.3 Å². The van der Waals surface area contributed by atoms with Gasteiger partial charge in [-0.25, -0.2) is 9.37 Å². The quantitative estimate of drug-likeness (QED) is 0.576. The maximum Gasteiger partial charge on any atom is 0.167 e. The molecule has 4 nitrogen and oxygen atoms in total. The number of nitrogens with zero attached hydrogens (tertiary/aromatic N) is 2. The minimum absolute atomic E-state index is 0.0830. The molecule has 0 fully saturated rings. The van der Waals surface area contributed by atoms with Crippen molar-refractivity contribution in [2.24, 2.45) is 0 Å². The highest BCUT2D eigenvalue weighted by atomic mass is 35.5. The zero-order valence-corrected chi connectivity index (χ0v) is 10.9. The number of halogens is 2. The Labute approximate surface area is 119 Å². The molecule has 1 aromatic carbocycles. The molecule has 20 heavy (non-hydrogen) atoms. The molecule has 0 radical (unpaired) electrons. The highest BCUT2D eigenvalue weighted by Crippen LogP contribution is 2.31. The van der Waals surface area contributed by atoms with Crippen LogP contribution in [0.3, 0.4) is 0 Å². The topological polar surface area (TPSA) is 61.0 Å². The van der Waals surface area contributed by atoms with E-state index in [9.17, 15) is 4.39 Å². The Bertz CT molecular complexity index is 794. The zero-order valence-electron chi connectivity index (χ0n) is 10.2. The summed E-state index contributed by atoms with van der Waals surface area (Å²) in [5, 5.41) is 0.969. The van der Waals surface area contributed by atoms with E-state index in [4.69, 9.17) is 22.1 Å². The molecule has 6 heteroatoms. The Morgan fingerprint density at radius 3 is 2.75 bits per heavy atom. The Morgan fingerprint density at radius 2 is 1.95 bits per heavy atom. The van der Waals surface area contributed by atoms with Gasteiger partial charge >= 0.3 is 0 Å². The molecule has 100 valence electrons. The molecule has 3 rings (SSSR count). The second kappa shape index (κ2) is 4.94. The number of aromatic nitrogens is 2. The fraction of sp³-hybridized carbons (Fsp3) is 0. The summed E-state index contributed by atoms with van der Waals surface area (Å²) in [5.74, 6) is -0.00211. The average molecular weight is 290 g/mol. The summed E-state index contributed by atoms with van der Waals surface area (Å²) in [6, 6.07) is 7.49. The Balaban J connectivity index is 2.08. The number of anilines is 1. The molecular formula is C14H9ClFN3O. The van der Waals surface area contributed by atoms with E-state index < -0.39 is 5.82 Å². The summed E-state index contributed by atoms with van der Waals surface area (Å²) in [7, 11) is 0. The van der Waals surface area contributed by atoms with Crippen LogP contribution in [-0.4, -0.2) is 9.97 Å². The summed E-state index contributed by atoms with van der Waals surface area (Å²) in [5.41, 5.74) is 6.45. The van der Waals surface area contributed by atoms with Crippen molar-refractivity contribution in [2.75, 3.05) is 5.73 Å². The van der Waals surface area contributed by atoms with Crippen molar-refractivity contribution in [1.29, 1.82) is 0 Å². The molecule has 0 amide bonds. The van der Waals surface area contributed by atoms with Crippen LogP contribution < -0.4 is 10.5 Å². The first-order valence-electron chi connectivity index (χ1n) is 5.76. The van der Waals surface area contributed by atoms with Crippen LogP contribution in [0.15, 0.2) is 42.7 Å². The number of nitrogens with two attached hydrogens (primary N) is 1. The number of benzene rings is 1. The summed E-state index contributed by atoms with van der Waals surface area (Å²) >= 11 is 5.86. The lowest BCUT2D eigenvalue weighted by Gasteiger charge is -2.09. The van der Waals surface area contributed by atoms with Crippen LogP contribution >= 0.6 is 11.6 Å². The monoisotopic (exact) mass is 289 g/mol. The molecule has 0 saturated heterocycles. The van der Waals surface area contributed by atoms with Crippen molar-refractivity contribution in [1.82, 2.24) is 9.97 Å². The van der Waals surface area contributed by atoms with Crippen LogP contribution in [0, 0.1) is 5.82 Å². The number of nitrogen functional groups attached to an aromatic ring is 1. The third-order valence-electron chi connectivity index (χ3n) is 2.73. The Morgan fingerprint density at radius 1 is 1.10 bits per heavy atom. The molecular weight excluding hydrogens is 281 g/mol. The SMILES string of the molecule is Nc1ccc(Oc2ccnc3cnc(Cl)cc23)c(F)c1. The minimum atomic E-state index is -0.532. The molecule has 0 unspecified atom stereocenters. The Hall–Kier alpha value is -2.40. The molecule has 2 N–H and O–H groups in total. The van der Waals surface area contributed by atoms with E-state index in [1.165, 1.54) is 18.3 Å². The molecule has 0 saturated carbocycles. The van der Waals surface area contributed by atoms with Gasteiger partial charge < -0.3 is 10.5 Å². The maximum absolute atomic E-state index is 13.8. The summed E-state index contributed by atoms with van der Waals surface area (Å²) < 4.78 is 19.3. The summed E-state index contributed by atoms with van der Waals surface area (Å²) in [4.78, 5) is 8.09. The van der Waals surface area contributed by atoms with E-state index in [0.717, 1.165) is 0 Å². The number of hydrogen-bond donors (Lipinski definition) is 1. The lowest BCUT2D eigenvalue weighted by Crippen LogP contribution is -1.93. The van der Waals surface area contributed by atoms with Gasteiger partial charge in [0.2, 0.25) is 0 Å². The van der Waals surface area contributed by atoms with Gasteiger partial charge in [0.1, 0.15) is 10.9 Å². The molecule has 0 aliphatic carbocycles. The number of hydrogen-bond acceptors (Lipinski definition) is 4. The number of rotatable bonds is 2.